The van der Waals surface area contributed by atoms with Crippen LogP contribution in [0, 0.1) is 5.82 Å². The number of carbonyl (C=O) groups is 1. The van der Waals surface area contributed by atoms with Crippen LogP contribution in [0.1, 0.15) is 10.4 Å². The lowest BCUT2D eigenvalue weighted by atomic mass is 10.2. The first-order chi connectivity index (χ1) is 11.5. The summed E-state index contributed by atoms with van der Waals surface area (Å²) in [5, 5.41) is 0. The number of hydrogen-bond donors (Lipinski definition) is 0. The van der Waals surface area contributed by atoms with Crippen LogP contribution < -0.4 is 0 Å². The molecule has 2 aliphatic heterocycles. The van der Waals surface area contributed by atoms with Gasteiger partial charge in [-0.05, 0) is 18.2 Å². The number of ether oxygens (including phenoxy) is 1. The topological polar surface area (TPSA) is 66.9 Å². The minimum atomic E-state index is -3.75. The molecule has 2 aliphatic rings. The Morgan fingerprint density at radius 3 is 2.46 bits per heavy atom. The highest BCUT2D eigenvalue weighted by Gasteiger charge is 2.29. The number of nitrogens with zero attached hydrogens (tertiary/aromatic N) is 2. The van der Waals surface area contributed by atoms with Gasteiger partial charge in [-0.25, -0.2) is 12.8 Å². The largest absolute Gasteiger partial charge is 0.379 e. The van der Waals surface area contributed by atoms with Gasteiger partial charge in [0.15, 0.2) is 0 Å². The van der Waals surface area contributed by atoms with Gasteiger partial charge in [0, 0.05) is 37.7 Å². The van der Waals surface area contributed by atoms with E-state index in [2.05, 4.69) is 0 Å². The fraction of sp³-hybridized carbons (Fsp3) is 0.533. The zero-order valence-electron chi connectivity index (χ0n) is 13.1. The number of amides is 1. The molecule has 2 fully saturated rings. The second-order valence-electron chi connectivity index (χ2n) is 5.56. The van der Waals surface area contributed by atoms with Crippen LogP contribution in [0.2, 0.25) is 0 Å². The predicted octanol–water partition coefficient (Wildman–Crippen LogP) is 1.04. The molecule has 6 nitrogen and oxygen atoms in total. The van der Waals surface area contributed by atoms with Gasteiger partial charge in [-0.1, -0.05) is 0 Å². The third-order valence-corrected chi connectivity index (χ3v) is 6.91. The second-order valence-corrected chi connectivity index (χ2v) is 8.73. The first-order valence-corrected chi connectivity index (χ1v) is 10.3. The molecule has 0 aliphatic carbocycles. The molecule has 132 valence electrons. The molecule has 0 saturated carbocycles. The molecule has 9 heteroatoms. The Balaban J connectivity index is 1.89. The minimum absolute atomic E-state index is 0.0551. The lowest BCUT2D eigenvalue weighted by Gasteiger charge is -2.28. The van der Waals surface area contributed by atoms with Crippen LogP contribution in [-0.4, -0.2) is 74.4 Å². The van der Waals surface area contributed by atoms with E-state index in [1.165, 1.54) is 10.4 Å². The molecule has 0 aromatic heterocycles. The van der Waals surface area contributed by atoms with Crippen LogP contribution in [-0.2, 0) is 14.8 Å². The Kier molecular flexibility index (Phi) is 5.43. The fourth-order valence-electron chi connectivity index (χ4n) is 2.70. The van der Waals surface area contributed by atoms with Gasteiger partial charge in [0.2, 0.25) is 10.0 Å². The summed E-state index contributed by atoms with van der Waals surface area (Å²) in [6.45, 7) is 2.26. The Hall–Kier alpha value is -1.16. The maximum Gasteiger partial charge on any atom is 0.256 e. The van der Waals surface area contributed by atoms with Crippen LogP contribution in [0.4, 0.5) is 4.39 Å². The molecule has 0 bridgehead atoms. The van der Waals surface area contributed by atoms with E-state index in [0.717, 1.165) is 23.6 Å². The van der Waals surface area contributed by atoms with Gasteiger partial charge in [-0.3, -0.25) is 4.79 Å². The predicted molar refractivity (Wildman–Crippen MR) is 89.2 cm³/mol. The van der Waals surface area contributed by atoms with Crippen molar-refractivity contribution in [3.05, 3.63) is 29.6 Å². The molecular formula is C15H19FN2O4S2. The van der Waals surface area contributed by atoms with Gasteiger partial charge in [0.05, 0.1) is 23.7 Å². The van der Waals surface area contributed by atoms with E-state index in [-0.39, 0.29) is 23.5 Å². The highest BCUT2D eigenvalue weighted by Crippen LogP contribution is 2.22. The molecule has 0 radical (unpaired) electrons. The van der Waals surface area contributed by atoms with E-state index < -0.39 is 21.7 Å². The zero-order valence-corrected chi connectivity index (χ0v) is 14.7. The number of thioether (sulfide) groups is 1. The number of sulfonamides is 1. The van der Waals surface area contributed by atoms with Crippen molar-refractivity contribution in [2.45, 2.75) is 4.90 Å². The number of benzene rings is 1. The number of rotatable bonds is 3. The van der Waals surface area contributed by atoms with Crippen molar-refractivity contribution < 1.29 is 22.3 Å². The SMILES string of the molecule is O=C(c1cc(S(=O)(=O)N2CCOCC2)ccc1F)N1CCSCC1. The quantitative estimate of drug-likeness (QED) is 0.791. The summed E-state index contributed by atoms with van der Waals surface area (Å²) in [6.07, 6.45) is 0. The molecule has 0 unspecified atom stereocenters. The van der Waals surface area contributed by atoms with Gasteiger partial charge in [0.1, 0.15) is 5.82 Å². The van der Waals surface area contributed by atoms with E-state index in [0.29, 0.717) is 26.3 Å². The van der Waals surface area contributed by atoms with E-state index >= 15 is 0 Å². The molecule has 2 heterocycles. The normalized spacial score (nSPS) is 20.1. The number of carbonyl (C=O) groups excluding carboxylic acids is 1. The number of hydrogen-bond acceptors (Lipinski definition) is 5. The van der Waals surface area contributed by atoms with Crippen LogP contribution in [0.3, 0.4) is 0 Å². The van der Waals surface area contributed by atoms with Crippen LogP contribution in [0.15, 0.2) is 23.1 Å². The van der Waals surface area contributed by atoms with E-state index in [9.17, 15) is 17.6 Å². The summed E-state index contributed by atoms with van der Waals surface area (Å²) in [5.74, 6) is 0.462. The van der Waals surface area contributed by atoms with Crippen molar-refractivity contribution in [2.24, 2.45) is 0 Å². The van der Waals surface area contributed by atoms with Gasteiger partial charge < -0.3 is 9.64 Å². The van der Waals surface area contributed by atoms with E-state index in [4.69, 9.17) is 4.74 Å². The average Bonchev–Trinajstić information content (AvgIpc) is 2.63. The smallest absolute Gasteiger partial charge is 0.256 e. The van der Waals surface area contributed by atoms with Crippen LogP contribution >= 0.6 is 11.8 Å². The van der Waals surface area contributed by atoms with Crippen molar-refractivity contribution >= 4 is 27.7 Å². The maximum absolute atomic E-state index is 14.1. The van der Waals surface area contributed by atoms with Crippen molar-refractivity contribution in [1.82, 2.24) is 9.21 Å². The van der Waals surface area contributed by atoms with E-state index in [1.54, 1.807) is 16.7 Å². The Morgan fingerprint density at radius 1 is 1.12 bits per heavy atom. The molecule has 3 rings (SSSR count). The minimum Gasteiger partial charge on any atom is -0.379 e. The van der Waals surface area contributed by atoms with Crippen LogP contribution in [0.5, 0.6) is 0 Å². The van der Waals surface area contributed by atoms with Crippen LogP contribution in [0.25, 0.3) is 0 Å². The lowest BCUT2D eigenvalue weighted by Crippen LogP contribution is -2.41. The molecule has 2 saturated heterocycles. The average molecular weight is 374 g/mol. The van der Waals surface area contributed by atoms with Gasteiger partial charge in [-0.15, -0.1) is 0 Å². The molecule has 0 atom stereocenters. The molecule has 1 aromatic carbocycles. The number of halogens is 1. The summed E-state index contributed by atoms with van der Waals surface area (Å²) in [5.41, 5.74) is -0.184. The highest BCUT2D eigenvalue weighted by atomic mass is 32.2. The summed E-state index contributed by atoms with van der Waals surface area (Å²) in [7, 11) is -3.75. The molecule has 0 N–H and O–H groups in total. The van der Waals surface area contributed by atoms with Crippen molar-refractivity contribution in [1.29, 1.82) is 0 Å². The second kappa shape index (κ2) is 7.38. The molecule has 24 heavy (non-hydrogen) atoms. The third kappa shape index (κ3) is 3.58. The first kappa shape index (κ1) is 17.7. The maximum atomic E-state index is 14.1. The monoisotopic (exact) mass is 374 g/mol. The molecule has 0 spiro atoms. The van der Waals surface area contributed by atoms with Crippen molar-refractivity contribution in [2.75, 3.05) is 50.9 Å². The summed E-state index contributed by atoms with van der Waals surface area (Å²) in [6, 6.07) is 3.42. The molecule has 1 amide bonds. The molecule has 1 aromatic rings. The van der Waals surface area contributed by atoms with Gasteiger partial charge in [0.25, 0.3) is 5.91 Å². The van der Waals surface area contributed by atoms with Crippen molar-refractivity contribution in [3.8, 4) is 0 Å². The van der Waals surface area contributed by atoms with Crippen molar-refractivity contribution in [3.63, 3.8) is 0 Å². The zero-order chi connectivity index (χ0) is 17.2. The van der Waals surface area contributed by atoms with E-state index in [1.807, 2.05) is 0 Å². The number of morpholine rings is 1. The Bertz CT molecular complexity index is 714. The Labute approximate surface area is 145 Å². The van der Waals surface area contributed by atoms with Gasteiger partial charge in [-0.2, -0.15) is 16.1 Å². The standard InChI is InChI=1S/C15H19FN2O4S2/c16-14-2-1-12(24(20,21)18-3-7-22-8-4-18)11-13(14)15(19)17-5-9-23-10-6-17/h1-2,11H,3-10H2. The highest BCUT2D eigenvalue weighted by molar-refractivity contribution is 7.99. The lowest BCUT2D eigenvalue weighted by molar-refractivity contribution is 0.0729. The first-order valence-electron chi connectivity index (χ1n) is 7.74. The van der Waals surface area contributed by atoms with Gasteiger partial charge >= 0.3 is 0 Å². The fourth-order valence-corrected chi connectivity index (χ4v) is 5.04. The summed E-state index contributed by atoms with van der Waals surface area (Å²) >= 11 is 1.74. The summed E-state index contributed by atoms with van der Waals surface area (Å²) < 4.78 is 45.9. The summed E-state index contributed by atoms with van der Waals surface area (Å²) in [4.78, 5) is 14.0. The third-order valence-electron chi connectivity index (χ3n) is 4.07. The Morgan fingerprint density at radius 2 is 1.79 bits per heavy atom. The molecular weight excluding hydrogens is 355 g/mol.